The molecule has 1 fully saturated rings. The van der Waals surface area contributed by atoms with E-state index in [1.54, 1.807) is 62.8 Å². The standard InChI is InChI=1S/C12H9FO.C12H14O3.C7H10O.CH3O.K/c13-11-6-4-9(5-7-11)10-2-1-3-12(14)8-10;1-15-11-5-3-2-4-9(11)8-6-7-10(8)12(13)14;1-4-6-7(5-2)8-3;1-2;/h1-8,14H;2-5,8,10H,6-7H2,1H3,(H,13,14);4-6H,1-2H2,3H3;1H3;/q;;;-1;+1/b;;7-6+;;. The van der Waals surface area contributed by atoms with E-state index in [1.165, 1.54) is 12.1 Å². The molecule has 0 aromatic heterocycles. The minimum atomic E-state index is -0.697. The first-order valence-corrected chi connectivity index (χ1v) is 12.1. The number of halogens is 1. The first kappa shape index (κ1) is 37.3. The van der Waals surface area contributed by atoms with Gasteiger partial charge in [-0.3, -0.25) is 4.79 Å². The van der Waals surface area contributed by atoms with Crippen molar-refractivity contribution in [3.05, 3.63) is 121 Å². The number of rotatable bonds is 7. The zero-order valence-electron chi connectivity index (χ0n) is 23.5. The van der Waals surface area contributed by atoms with Gasteiger partial charge in [-0.1, -0.05) is 61.7 Å². The van der Waals surface area contributed by atoms with Gasteiger partial charge >= 0.3 is 57.4 Å². The molecule has 0 radical (unpaired) electrons. The van der Waals surface area contributed by atoms with Crippen LogP contribution >= 0.6 is 0 Å². The fraction of sp³-hybridized carbons (Fsp3) is 0.219. The Morgan fingerprint density at radius 2 is 1.62 bits per heavy atom. The summed E-state index contributed by atoms with van der Waals surface area (Å²) in [5.74, 6) is 0.686. The number of hydrogen-bond acceptors (Lipinski definition) is 5. The Labute approximate surface area is 278 Å². The molecule has 3 aromatic rings. The number of methoxy groups -OCH3 is 2. The third kappa shape index (κ3) is 12.2. The van der Waals surface area contributed by atoms with Crippen LogP contribution in [0.25, 0.3) is 11.1 Å². The number of aliphatic carboxylic acids is 1. The number of phenolic OH excluding ortho intramolecular Hbond substituents is 1. The van der Waals surface area contributed by atoms with Gasteiger partial charge in [0.05, 0.1) is 20.1 Å². The fourth-order valence-corrected chi connectivity index (χ4v) is 3.80. The second kappa shape index (κ2) is 21.1. The second-order valence-corrected chi connectivity index (χ2v) is 8.14. The van der Waals surface area contributed by atoms with Crippen molar-refractivity contribution in [3.63, 3.8) is 0 Å². The topological polar surface area (TPSA) is 99.1 Å². The maximum atomic E-state index is 12.6. The smallest absolute Gasteiger partial charge is 0.857 e. The van der Waals surface area contributed by atoms with Crippen LogP contribution < -0.4 is 61.2 Å². The van der Waals surface area contributed by atoms with Gasteiger partial charge in [0.1, 0.15) is 23.1 Å². The predicted octanol–water partition coefficient (Wildman–Crippen LogP) is 3.34. The summed E-state index contributed by atoms with van der Waals surface area (Å²) >= 11 is 0. The minimum Gasteiger partial charge on any atom is -0.857 e. The van der Waals surface area contributed by atoms with Crippen molar-refractivity contribution in [1.29, 1.82) is 0 Å². The van der Waals surface area contributed by atoms with Gasteiger partial charge in [-0.2, -0.15) is 7.11 Å². The van der Waals surface area contributed by atoms with Crippen molar-refractivity contribution >= 4 is 5.97 Å². The first-order valence-electron chi connectivity index (χ1n) is 12.1. The number of allylic oxidation sites excluding steroid dienone is 3. The summed E-state index contributed by atoms with van der Waals surface area (Å²) in [6.07, 6.45) is 6.74. The molecule has 40 heavy (non-hydrogen) atoms. The molecule has 0 amide bonds. The normalized spacial score (nSPS) is 14.9. The number of carbonyl (C=O) groups is 1. The maximum absolute atomic E-state index is 12.6. The van der Waals surface area contributed by atoms with Crippen molar-refractivity contribution in [2.45, 2.75) is 18.8 Å². The molecule has 208 valence electrons. The van der Waals surface area contributed by atoms with E-state index in [-0.39, 0.29) is 74.8 Å². The maximum Gasteiger partial charge on any atom is 1.00 e. The van der Waals surface area contributed by atoms with E-state index in [0.29, 0.717) is 0 Å². The molecular weight excluding hydrogens is 538 g/mol. The SMILES string of the molecule is C=C/C=C(\C=C)OC.COc1ccccc1C1CCC1C(=O)O.C[O-].Oc1cccc(-c2ccc(F)cc2)c1.[K+]. The van der Waals surface area contributed by atoms with Crippen molar-refractivity contribution in [2.24, 2.45) is 5.92 Å². The molecular formula is C32H36FKO6. The summed E-state index contributed by atoms with van der Waals surface area (Å²) in [6, 6.07) is 20.7. The molecule has 2 N–H and O–H groups in total. The molecule has 4 rings (SSSR count). The average Bonchev–Trinajstić information content (AvgIpc) is 2.93. The zero-order chi connectivity index (χ0) is 29.2. The number of aromatic hydroxyl groups is 1. The van der Waals surface area contributed by atoms with Gasteiger partial charge in [0.2, 0.25) is 0 Å². The predicted molar refractivity (Wildman–Crippen MR) is 151 cm³/mol. The van der Waals surface area contributed by atoms with Gasteiger partial charge in [0, 0.05) is 5.92 Å². The first-order chi connectivity index (χ1) is 18.8. The van der Waals surface area contributed by atoms with E-state index in [9.17, 15) is 14.3 Å². The van der Waals surface area contributed by atoms with Crippen molar-refractivity contribution < 1.29 is 85.4 Å². The molecule has 0 bridgehead atoms. The van der Waals surface area contributed by atoms with Crippen LogP contribution in [0.4, 0.5) is 4.39 Å². The molecule has 1 saturated carbocycles. The van der Waals surface area contributed by atoms with E-state index in [1.807, 2.05) is 30.3 Å². The number of benzene rings is 3. The van der Waals surface area contributed by atoms with Gasteiger partial charge in [-0.05, 0) is 72.0 Å². The molecule has 0 aliphatic heterocycles. The van der Waals surface area contributed by atoms with Crippen LogP contribution in [0.2, 0.25) is 0 Å². The van der Waals surface area contributed by atoms with Crippen LogP contribution in [0.15, 0.2) is 110 Å². The molecule has 2 atom stereocenters. The van der Waals surface area contributed by atoms with Crippen molar-refractivity contribution in [2.75, 3.05) is 21.3 Å². The third-order valence-electron chi connectivity index (χ3n) is 5.87. The Kier molecular flexibility index (Phi) is 19.6. The Balaban J connectivity index is 0.000000570. The van der Waals surface area contributed by atoms with Gasteiger partial charge in [-0.25, -0.2) is 4.39 Å². The Bertz CT molecular complexity index is 1210. The zero-order valence-corrected chi connectivity index (χ0v) is 26.7. The molecule has 0 heterocycles. The van der Waals surface area contributed by atoms with Gasteiger partial charge < -0.3 is 24.8 Å². The summed E-state index contributed by atoms with van der Waals surface area (Å²) in [5, 5.41) is 26.5. The summed E-state index contributed by atoms with van der Waals surface area (Å²) in [4.78, 5) is 10.9. The number of phenols is 1. The quantitative estimate of drug-likeness (QED) is 0.255. The molecule has 6 nitrogen and oxygen atoms in total. The Morgan fingerprint density at radius 3 is 2.08 bits per heavy atom. The van der Waals surface area contributed by atoms with Crippen LogP contribution in [-0.4, -0.2) is 37.5 Å². The van der Waals surface area contributed by atoms with Crippen LogP contribution in [-0.2, 0) is 9.53 Å². The largest absolute Gasteiger partial charge is 1.00 e. The number of para-hydroxylation sites is 1. The fourth-order valence-electron chi connectivity index (χ4n) is 3.80. The summed E-state index contributed by atoms with van der Waals surface area (Å²) < 4.78 is 22.7. The molecule has 3 aromatic carbocycles. The van der Waals surface area contributed by atoms with Crippen LogP contribution in [0.5, 0.6) is 11.5 Å². The molecule has 0 saturated heterocycles. The summed E-state index contributed by atoms with van der Waals surface area (Å²) in [6.45, 7) is 7.00. The van der Waals surface area contributed by atoms with Gasteiger partial charge in [-0.15, -0.1) is 0 Å². The molecule has 8 heteroatoms. The summed E-state index contributed by atoms with van der Waals surface area (Å²) in [5.41, 5.74) is 2.80. The van der Waals surface area contributed by atoms with E-state index >= 15 is 0 Å². The van der Waals surface area contributed by atoms with Crippen LogP contribution in [0, 0.1) is 11.7 Å². The Hall–Kier alpha value is -2.72. The molecule has 1 aliphatic rings. The minimum absolute atomic E-state index is 0. The van der Waals surface area contributed by atoms with Crippen LogP contribution in [0.3, 0.4) is 0 Å². The molecule has 2 unspecified atom stereocenters. The molecule has 1 aliphatic carbocycles. The Morgan fingerprint density at radius 1 is 0.975 bits per heavy atom. The van der Waals surface area contributed by atoms with E-state index in [0.717, 1.165) is 48.2 Å². The van der Waals surface area contributed by atoms with Crippen LogP contribution in [0.1, 0.15) is 24.3 Å². The van der Waals surface area contributed by atoms with E-state index in [2.05, 4.69) is 13.2 Å². The van der Waals surface area contributed by atoms with E-state index < -0.39 is 5.97 Å². The number of hydrogen-bond donors (Lipinski definition) is 2. The average molecular weight is 575 g/mol. The number of ether oxygens (including phenoxy) is 2. The third-order valence-corrected chi connectivity index (χ3v) is 5.87. The monoisotopic (exact) mass is 574 g/mol. The second-order valence-electron chi connectivity index (χ2n) is 8.14. The molecule has 0 spiro atoms. The number of carboxylic acids is 1. The van der Waals surface area contributed by atoms with Crippen molar-refractivity contribution in [1.82, 2.24) is 0 Å². The van der Waals surface area contributed by atoms with Gasteiger partial charge in [0.15, 0.2) is 0 Å². The van der Waals surface area contributed by atoms with Crippen molar-refractivity contribution in [3.8, 4) is 22.6 Å². The number of carboxylic acid groups (broad SMARTS) is 1. The van der Waals surface area contributed by atoms with Gasteiger partial charge in [0.25, 0.3) is 0 Å². The summed E-state index contributed by atoms with van der Waals surface area (Å²) in [7, 11) is 3.96. The van der Waals surface area contributed by atoms with E-state index in [4.69, 9.17) is 19.7 Å².